The average molecular weight is 301 g/mol. The number of hydrogen-bond acceptors (Lipinski definition) is 3. The minimum absolute atomic E-state index is 0.107. The van der Waals surface area contributed by atoms with Crippen molar-refractivity contribution >= 4 is 5.91 Å². The summed E-state index contributed by atoms with van der Waals surface area (Å²) in [7, 11) is 0. The van der Waals surface area contributed by atoms with Crippen LogP contribution in [0.25, 0.3) is 0 Å². The topological polar surface area (TPSA) is 67.2 Å². The lowest BCUT2D eigenvalue weighted by molar-refractivity contribution is 0.0869. The van der Waals surface area contributed by atoms with Crippen molar-refractivity contribution in [2.24, 2.45) is 0 Å². The van der Waals surface area contributed by atoms with Gasteiger partial charge in [0.1, 0.15) is 0 Å². The van der Waals surface area contributed by atoms with E-state index in [0.29, 0.717) is 12.1 Å². The number of nitrogens with zero attached hydrogens (tertiary/aromatic N) is 2. The van der Waals surface area contributed by atoms with Crippen molar-refractivity contribution in [2.75, 3.05) is 6.61 Å². The molecule has 0 atom stereocenters. The molecule has 1 heterocycles. The SMILES string of the molecule is Cc1cc(C)n(Cc2cccc(C(=O)NC(C)(C)CO)c2)n1. The van der Waals surface area contributed by atoms with Gasteiger partial charge in [-0.3, -0.25) is 9.48 Å². The van der Waals surface area contributed by atoms with E-state index in [9.17, 15) is 9.90 Å². The highest BCUT2D eigenvalue weighted by Crippen LogP contribution is 2.11. The van der Waals surface area contributed by atoms with E-state index in [2.05, 4.69) is 10.4 Å². The number of carbonyl (C=O) groups excluding carboxylic acids is 1. The molecule has 0 aliphatic rings. The standard InChI is InChI=1S/C17H23N3O2/c1-12-8-13(2)20(19-12)10-14-6-5-7-15(9-14)16(22)18-17(3,4)11-21/h5-9,21H,10-11H2,1-4H3,(H,18,22). The third kappa shape index (κ3) is 3.95. The minimum atomic E-state index is -0.636. The fraction of sp³-hybridized carbons (Fsp3) is 0.412. The summed E-state index contributed by atoms with van der Waals surface area (Å²) in [5, 5.41) is 16.5. The zero-order chi connectivity index (χ0) is 16.3. The van der Waals surface area contributed by atoms with E-state index in [0.717, 1.165) is 17.0 Å². The molecule has 0 spiro atoms. The zero-order valence-corrected chi connectivity index (χ0v) is 13.6. The molecule has 1 amide bonds. The maximum Gasteiger partial charge on any atom is 0.251 e. The van der Waals surface area contributed by atoms with Gasteiger partial charge >= 0.3 is 0 Å². The Labute approximate surface area is 131 Å². The van der Waals surface area contributed by atoms with Crippen LogP contribution in [0.2, 0.25) is 0 Å². The van der Waals surface area contributed by atoms with E-state index in [1.54, 1.807) is 19.9 Å². The third-order valence-corrected chi connectivity index (χ3v) is 3.47. The largest absolute Gasteiger partial charge is 0.394 e. The summed E-state index contributed by atoms with van der Waals surface area (Å²) in [4.78, 5) is 12.3. The van der Waals surface area contributed by atoms with Crippen LogP contribution < -0.4 is 5.32 Å². The Morgan fingerprint density at radius 3 is 2.64 bits per heavy atom. The number of hydrogen-bond donors (Lipinski definition) is 2. The molecule has 1 aromatic heterocycles. The Kier molecular flexibility index (Phi) is 4.66. The quantitative estimate of drug-likeness (QED) is 0.888. The zero-order valence-electron chi connectivity index (χ0n) is 13.6. The first-order valence-corrected chi connectivity index (χ1v) is 7.34. The molecule has 5 heteroatoms. The Morgan fingerprint density at radius 1 is 1.32 bits per heavy atom. The Hall–Kier alpha value is -2.14. The van der Waals surface area contributed by atoms with Crippen molar-refractivity contribution in [1.29, 1.82) is 0 Å². The number of benzene rings is 1. The van der Waals surface area contributed by atoms with E-state index in [1.165, 1.54) is 0 Å². The van der Waals surface area contributed by atoms with E-state index < -0.39 is 5.54 Å². The first kappa shape index (κ1) is 16.2. The Balaban J connectivity index is 2.16. The third-order valence-electron chi connectivity index (χ3n) is 3.47. The lowest BCUT2D eigenvalue weighted by atomic mass is 10.1. The minimum Gasteiger partial charge on any atom is -0.394 e. The lowest BCUT2D eigenvalue weighted by Gasteiger charge is -2.23. The van der Waals surface area contributed by atoms with Gasteiger partial charge in [-0.25, -0.2) is 0 Å². The molecule has 2 N–H and O–H groups in total. The van der Waals surface area contributed by atoms with Gasteiger partial charge in [-0.2, -0.15) is 5.10 Å². The molecule has 2 aromatic rings. The van der Waals surface area contributed by atoms with Crippen molar-refractivity contribution in [2.45, 2.75) is 39.8 Å². The molecule has 118 valence electrons. The number of rotatable bonds is 5. The highest BCUT2D eigenvalue weighted by Gasteiger charge is 2.20. The van der Waals surface area contributed by atoms with Crippen LogP contribution in [-0.4, -0.2) is 32.9 Å². The fourth-order valence-electron chi connectivity index (χ4n) is 2.24. The summed E-state index contributed by atoms with van der Waals surface area (Å²) < 4.78 is 1.92. The smallest absolute Gasteiger partial charge is 0.251 e. The molecule has 22 heavy (non-hydrogen) atoms. The number of carbonyl (C=O) groups is 1. The molecule has 2 rings (SSSR count). The van der Waals surface area contributed by atoms with E-state index in [4.69, 9.17) is 0 Å². The van der Waals surface area contributed by atoms with Gasteiger partial charge in [-0.15, -0.1) is 0 Å². The van der Waals surface area contributed by atoms with Crippen LogP contribution in [0.5, 0.6) is 0 Å². The van der Waals surface area contributed by atoms with Crippen LogP contribution in [-0.2, 0) is 6.54 Å². The number of aromatic nitrogens is 2. The first-order chi connectivity index (χ1) is 10.3. The summed E-state index contributed by atoms with van der Waals surface area (Å²) in [6, 6.07) is 9.50. The van der Waals surface area contributed by atoms with Gasteiger partial charge in [0.15, 0.2) is 0 Å². The summed E-state index contributed by atoms with van der Waals surface area (Å²) >= 11 is 0. The molecule has 0 saturated heterocycles. The van der Waals surface area contributed by atoms with Gasteiger partial charge in [0, 0.05) is 11.3 Å². The van der Waals surface area contributed by atoms with Crippen LogP contribution >= 0.6 is 0 Å². The van der Waals surface area contributed by atoms with Gasteiger partial charge in [-0.05, 0) is 51.5 Å². The second-order valence-electron chi connectivity index (χ2n) is 6.28. The molecule has 0 radical (unpaired) electrons. The summed E-state index contributed by atoms with van der Waals surface area (Å²) in [6.07, 6.45) is 0. The molecule has 0 aliphatic carbocycles. The molecule has 5 nitrogen and oxygen atoms in total. The molecule has 1 aromatic carbocycles. The Morgan fingerprint density at radius 2 is 2.05 bits per heavy atom. The molecular weight excluding hydrogens is 278 g/mol. The van der Waals surface area contributed by atoms with E-state index >= 15 is 0 Å². The summed E-state index contributed by atoms with van der Waals surface area (Å²) in [5.41, 5.74) is 3.04. The lowest BCUT2D eigenvalue weighted by Crippen LogP contribution is -2.46. The van der Waals surface area contributed by atoms with E-state index in [-0.39, 0.29) is 12.5 Å². The number of aliphatic hydroxyl groups is 1. The van der Waals surface area contributed by atoms with Gasteiger partial charge < -0.3 is 10.4 Å². The summed E-state index contributed by atoms with van der Waals surface area (Å²) in [5.74, 6) is -0.186. The number of aryl methyl sites for hydroxylation is 2. The molecular formula is C17H23N3O2. The van der Waals surface area contributed by atoms with Crippen molar-refractivity contribution < 1.29 is 9.90 Å². The second kappa shape index (κ2) is 6.32. The molecule has 0 unspecified atom stereocenters. The Bertz CT molecular complexity index is 674. The molecule has 0 saturated carbocycles. The van der Waals surface area contributed by atoms with Crippen LogP contribution in [0.15, 0.2) is 30.3 Å². The summed E-state index contributed by atoms with van der Waals surface area (Å²) in [6.45, 7) is 8.06. The van der Waals surface area contributed by atoms with Gasteiger partial charge in [-0.1, -0.05) is 12.1 Å². The van der Waals surface area contributed by atoms with Crippen molar-refractivity contribution in [3.63, 3.8) is 0 Å². The van der Waals surface area contributed by atoms with Crippen LogP contribution in [0.4, 0.5) is 0 Å². The van der Waals surface area contributed by atoms with Crippen LogP contribution in [0, 0.1) is 13.8 Å². The average Bonchev–Trinajstić information content (AvgIpc) is 2.77. The number of aliphatic hydroxyl groups excluding tert-OH is 1. The normalized spacial score (nSPS) is 11.5. The first-order valence-electron chi connectivity index (χ1n) is 7.34. The molecule has 0 aliphatic heterocycles. The molecule has 0 bridgehead atoms. The van der Waals surface area contributed by atoms with E-state index in [1.807, 2.05) is 42.8 Å². The fourth-order valence-corrected chi connectivity index (χ4v) is 2.24. The molecule has 0 fully saturated rings. The van der Waals surface area contributed by atoms with Crippen molar-refractivity contribution in [3.05, 3.63) is 52.8 Å². The van der Waals surface area contributed by atoms with Gasteiger partial charge in [0.2, 0.25) is 0 Å². The predicted molar refractivity (Wildman–Crippen MR) is 85.9 cm³/mol. The highest BCUT2D eigenvalue weighted by atomic mass is 16.3. The van der Waals surface area contributed by atoms with Crippen LogP contribution in [0.3, 0.4) is 0 Å². The van der Waals surface area contributed by atoms with Gasteiger partial charge in [0.05, 0.1) is 24.4 Å². The predicted octanol–water partition coefficient (Wildman–Crippen LogP) is 2.05. The second-order valence-corrected chi connectivity index (χ2v) is 6.28. The highest BCUT2D eigenvalue weighted by molar-refractivity contribution is 5.94. The monoisotopic (exact) mass is 301 g/mol. The van der Waals surface area contributed by atoms with Crippen LogP contribution in [0.1, 0.15) is 41.2 Å². The van der Waals surface area contributed by atoms with Crippen molar-refractivity contribution in [1.82, 2.24) is 15.1 Å². The maximum absolute atomic E-state index is 12.3. The van der Waals surface area contributed by atoms with Crippen molar-refractivity contribution in [3.8, 4) is 0 Å². The number of nitrogens with one attached hydrogen (secondary N) is 1. The maximum atomic E-state index is 12.3. The number of amides is 1. The van der Waals surface area contributed by atoms with Gasteiger partial charge in [0.25, 0.3) is 5.91 Å².